The van der Waals surface area contributed by atoms with Gasteiger partial charge in [0.05, 0.1) is 4.92 Å². The number of aryl methyl sites for hydroxylation is 1. The maximum absolute atomic E-state index is 10.8. The van der Waals surface area contributed by atoms with Crippen molar-refractivity contribution in [2.45, 2.75) is 30.5 Å². The highest BCUT2D eigenvalue weighted by Gasteiger charge is 2.19. The fourth-order valence-electron chi connectivity index (χ4n) is 1.21. The number of hydrogen-bond acceptors (Lipinski definition) is 5. The largest absolute Gasteiger partial charge is 0.480 e. The Morgan fingerprint density at radius 1 is 1.71 bits per heavy atom. The predicted octanol–water partition coefficient (Wildman–Crippen LogP) is 2.25. The first-order chi connectivity index (χ1) is 7.95. The second-order valence-corrected chi connectivity index (χ2v) is 4.64. The van der Waals surface area contributed by atoms with Gasteiger partial charge >= 0.3 is 5.97 Å². The first-order valence-electron chi connectivity index (χ1n) is 4.96. The smallest absolute Gasteiger partial charge is 0.317 e. The number of rotatable bonds is 5. The molecule has 17 heavy (non-hydrogen) atoms. The first-order valence-corrected chi connectivity index (χ1v) is 5.84. The fourth-order valence-corrected chi connectivity index (χ4v) is 2.06. The minimum Gasteiger partial charge on any atom is -0.480 e. The van der Waals surface area contributed by atoms with Gasteiger partial charge in [0.15, 0.2) is 0 Å². The molecule has 1 aromatic rings. The molecule has 0 aliphatic heterocycles. The molecule has 0 radical (unpaired) electrons. The summed E-state index contributed by atoms with van der Waals surface area (Å²) in [6, 6.07) is 1.31. The Morgan fingerprint density at radius 3 is 2.82 bits per heavy atom. The molecule has 0 amide bonds. The van der Waals surface area contributed by atoms with E-state index in [2.05, 4.69) is 4.98 Å². The SMILES string of the molecule is CCC(Sc1cc([N+](=O)[O-])c(C)cn1)C(=O)O. The van der Waals surface area contributed by atoms with E-state index < -0.39 is 16.1 Å². The number of thioether (sulfide) groups is 1. The summed E-state index contributed by atoms with van der Waals surface area (Å²) in [6.45, 7) is 3.34. The molecular formula is C10H12N2O4S. The Bertz CT molecular complexity index is 450. The van der Waals surface area contributed by atoms with Gasteiger partial charge < -0.3 is 5.11 Å². The Balaban J connectivity index is 2.96. The van der Waals surface area contributed by atoms with Crippen LogP contribution < -0.4 is 0 Å². The molecule has 0 aromatic carbocycles. The van der Waals surface area contributed by atoms with Gasteiger partial charge in [0.2, 0.25) is 0 Å². The monoisotopic (exact) mass is 256 g/mol. The van der Waals surface area contributed by atoms with Crippen LogP contribution in [0.1, 0.15) is 18.9 Å². The topological polar surface area (TPSA) is 93.3 Å². The predicted molar refractivity (Wildman–Crippen MR) is 63.2 cm³/mol. The summed E-state index contributed by atoms with van der Waals surface area (Å²) in [7, 11) is 0. The van der Waals surface area contributed by atoms with Gasteiger partial charge in [-0.15, -0.1) is 0 Å². The van der Waals surface area contributed by atoms with E-state index in [1.807, 2.05) is 0 Å². The molecule has 0 aliphatic carbocycles. The Morgan fingerprint density at radius 2 is 2.35 bits per heavy atom. The number of carboxylic acid groups (broad SMARTS) is 1. The molecule has 0 saturated carbocycles. The molecule has 92 valence electrons. The minimum atomic E-state index is -0.942. The van der Waals surface area contributed by atoms with E-state index in [0.29, 0.717) is 17.0 Å². The zero-order chi connectivity index (χ0) is 13.0. The van der Waals surface area contributed by atoms with Crippen LogP contribution in [0.2, 0.25) is 0 Å². The molecule has 0 bridgehead atoms. The molecule has 1 rings (SSSR count). The molecule has 1 heterocycles. The number of aromatic nitrogens is 1. The molecule has 0 spiro atoms. The zero-order valence-corrected chi connectivity index (χ0v) is 10.2. The maximum atomic E-state index is 10.8. The number of carbonyl (C=O) groups is 1. The lowest BCUT2D eigenvalue weighted by molar-refractivity contribution is -0.385. The van der Waals surface area contributed by atoms with Crippen LogP contribution in [0.25, 0.3) is 0 Å². The molecular weight excluding hydrogens is 244 g/mol. The standard InChI is InChI=1S/C10H12N2O4S/c1-3-8(10(13)14)17-9-4-7(12(15)16)6(2)5-11-9/h4-5,8H,3H2,1-2H3,(H,13,14). The van der Waals surface area contributed by atoms with E-state index in [9.17, 15) is 14.9 Å². The van der Waals surface area contributed by atoms with E-state index in [1.165, 1.54) is 12.3 Å². The van der Waals surface area contributed by atoms with Crippen LogP contribution in [0.3, 0.4) is 0 Å². The zero-order valence-electron chi connectivity index (χ0n) is 9.41. The molecule has 0 fully saturated rings. The normalized spacial score (nSPS) is 12.1. The quantitative estimate of drug-likeness (QED) is 0.493. The van der Waals surface area contributed by atoms with E-state index in [0.717, 1.165) is 11.8 Å². The summed E-state index contributed by atoms with van der Waals surface area (Å²) in [5.74, 6) is -0.942. The molecule has 1 atom stereocenters. The van der Waals surface area contributed by atoms with Crippen molar-refractivity contribution in [2.24, 2.45) is 0 Å². The summed E-state index contributed by atoms with van der Waals surface area (Å²) < 4.78 is 0. The highest BCUT2D eigenvalue weighted by Crippen LogP contribution is 2.28. The third-order valence-electron chi connectivity index (χ3n) is 2.16. The second kappa shape index (κ2) is 5.62. The van der Waals surface area contributed by atoms with Gasteiger partial charge in [0, 0.05) is 17.8 Å². The summed E-state index contributed by atoms with van der Waals surface area (Å²) >= 11 is 1.02. The molecule has 0 aliphatic rings. The number of nitrogens with zero attached hydrogens (tertiary/aromatic N) is 2. The highest BCUT2D eigenvalue weighted by atomic mass is 32.2. The summed E-state index contributed by atoms with van der Waals surface area (Å²) in [6.07, 6.45) is 1.82. The van der Waals surface area contributed by atoms with Crippen molar-refractivity contribution < 1.29 is 14.8 Å². The van der Waals surface area contributed by atoms with Crippen molar-refractivity contribution in [2.75, 3.05) is 0 Å². The number of pyridine rings is 1. The first kappa shape index (κ1) is 13.4. The lowest BCUT2D eigenvalue weighted by Gasteiger charge is -2.08. The van der Waals surface area contributed by atoms with Gasteiger partial charge in [-0.2, -0.15) is 0 Å². The van der Waals surface area contributed by atoms with E-state index in [4.69, 9.17) is 5.11 Å². The lowest BCUT2D eigenvalue weighted by atomic mass is 10.3. The van der Waals surface area contributed by atoms with Crippen molar-refractivity contribution in [3.63, 3.8) is 0 Å². The molecule has 1 aromatic heterocycles. The number of carboxylic acids is 1. The van der Waals surface area contributed by atoms with Crippen molar-refractivity contribution >= 4 is 23.4 Å². The Labute approximate surface area is 102 Å². The molecule has 1 N–H and O–H groups in total. The van der Waals surface area contributed by atoms with Crippen LogP contribution in [0.5, 0.6) is 0 Å². The van der Waals surface area contributed by atoms with Crippen molar-refractivity contribution in [3.05, 3.63) is 27.9 Å². The van der Waals surface area contributed by atoms with Crippen LogP contribution in [0.15, 0.2) is 17.3 Å². The summed E-state index contributed by atoms with van der Waals surface area (Å²) in [5.41, 5.74) is 0.422. The van der Waals surface area contributed by atoms with Crippen LogP contribution in [-0.4, -0.2) is 26.2 Å². The molecule has 1 unspecified atom stereocenters. The van der Waals surface area contributed by atoms with Crippen LogP contribution in [0, 0.1) is 17.0 Å². The highest BCUT2D eigenvalue weighted by molar-refractivity contribution is 8.00. The van der Waals surface area contributed by atoms with Crippen LogP contribution >= 0.6 is 11.8 Å². The lowest BCUT2D eigenvalue weighted by Crippen LogP contribution is -2.15. The van der Waals surface area contributed by atoms with Gasteiger partial charge in [-0.3, -0.25) is 14.9 Å². The van der Waals surface area contributed by atoms with Crippen LogP contribution in [0.4, 0.5) is 5.69 Å². The third kappa shape index (κ3) is 3.42. The van der Waals surface area contributed by atoms with Crippen molar-refractivity contribution in [1.82, 2.24) is 4.98 Å². The Hall–Kier alpha value is -1.63. The van der Waals surface area contributed by atoms with Gasteiger partial charge in [-0.1, -0.05) is 18.7 Å². The van der Waals surface area contributed by atoms with Gasteiger partial charge in [0.1, 0.15) is 10.3 Å². The fraction of sp³-hybridized carbons (Fsp3) is 0.400. The average Bonchev–Trinajstić information content (AvgIpc) is 2.27. The number of aliphatic carboxylic acids is 1. The summed E-state index contributed by atoms with van der Waals surface area (Å²) in [5, 5.41) is 19.3. The number of hydrogen-bond donors (Lipinski definition) is 1. The van der Waals surface area contributed by atoms with Gasteiger partial charge in [0.25, 0.3) is 5.69 Å². The van der Waals surface area contributed by atoms with E-state index in [-0.39, 0.29) is 5.69 Å². The third-order valence-corrected chi connectivity index (χ3v) is 3.44. The maximum Gasteiger partial charge on any atom is 0.317 e. The van der Waals surface area contributed by atoms with Crippen molar-refractivity contribution in [3.8, 4) is 0 Å². The molecule has 7 heteroatoms. The minimum absolute atomic E-state index is 0.0391. The van der Waals surface area contributed by atoms with E-state index >= 15 is 0 Å². The molecule has 6 nitrogen and oxygen atoms in total. The van der Waals surface area contributed by atoms with Crippen LogP contribution in [-0.2, 0) is 4.79 Å². The van der Waals surface area contributed by atoms with Crippen molar-refractivity contribution in [1.29, 1.82) is 0 Å². The second-order valence-electron chi connectivity index (χ2n) is 3.42. The van der Waals surface area contributed by atoms with E-state index in [1.54, 1.807) is 13.8 Å². The average molecular weight is 256 g/mol. The Kier molecular flexibility index (Phi) is 4.45. The summed E-state index contributed by atoms with van der Waals surface area (Å²) in [4.78, 5) is 25.0. The number of nitro groups is 1. The molecule has 0 saturated heterocycles. The van der Waals surface area contributed by atoms with Gasteiger partial charge in [-0.25, -0.2) is 4.98 Å². The van der Waals surface area contributed by atoms with Gasteiger partial charge in [-0.05, 0) is 13.3 Å².